The van der Waals surface area contributed by atoms with Gasteiger partial charge in [0.1, 0.15) is 0 Å². The van der Waals surface area contributed by atoms with Gasteiger partial charge in [-0.15, -0.1) is 0 Å². The average molecular weight is 608 g/mol. The number of piperazine rings is 1. The Balaban J connectivity index is 1.67. The molecule has 1 aromatic carbocycles. The number of hydrogen-bond donors (Lipinski definition) is 1. The molecule has 2 fully saturated rings. The van der Waals surface area contributed by atoms with Gasteiger partial charge in [-0.25, -0.2) is 16.8 Å². The minimum atomic E-state index is -4.88. The zero-order chi connectivity index (χ0) is 28.8. The predicted octanol–water partition coefficient (Wildman–Crippen LogP) is 3.30. The van der Waals surface area contributed by atoms with Gasteiger partial charge in [-0.05, 0) is 43.5 Å². The fourth-order valence-corrected chi connectivity index (χ4v) is 8.28. The molecule has 3 aliphatic rings. The number of sulfonamides is 2. The van der Waals surface area contributed by atoms with Gasteiger partial charge in [-0.2, -0.15) is 21.8 Å². The van der Waals surface area contributed by atoms with E-state index < -0.39 is 37.9 Å². The molecule has 0 amide bonds. The summed E-state index contributed by atoms with van der Waals surface area (Å²) in [5.74, 6) is 0. The molecule has 1 aromatic rings. The van der Waals surface area contributed by atoms with Crippen LogP contribution in [0.25, 0.3) is 0 Å². The predicted molar refractivity (Wildman–Crippen MR) is 147 cm³/mol. The SMILES string of the molecule is C[C@](O)(c1ccc(N2CCN(S(=O)(=O)C3=CC=CCC3=S)C[C@@H]2CN(C2CCC2)S(C)(=O)=O)cc1)C(F)(F)F. The second kappa shape index (κ2) is 10.9. The number of anilines is 1. The molecule has 1 saturated heterocycles. The fraction of sp³-hybridized carbons (Fsp3) is 0.560. The van der Waals surface area contributed by atoms with Crippen LogP contribution in [0.15, 0.2) is 47.4 Å². The lowest BCUT2D eigenvalue weighted by Crippen LogP contribution is -2.60. The van der Waals surface area contributed by atoms with Crippen molar-refractivity contribution in [3.8, 4) is 0 Å². The van der Waals surface area contributed by atoms with Gasteiger partial charge >= 0.3 is 6.18 Å². The Morgan fingerprint density at radius 1 is 1.10 bits per heavy atom. The van der Waals surface area contributed by atoms with Crippen LogP contribution in [-0.4, -0.2) is 86.1 Å². The normalized spacial score (nSPS) is 23.5. The fourth-order valence-electron chi connectivity index (χ4n) is 5.01. The van der Waals surface area contributed by atoms with Gasteiger partial charge in [0.05, 0.1) is 17.2 Å². The molecule has 1 saturated carbocycles. The van der Waals surface area contributed by atoms with Crippen molar-refractivity contribution < 1.29 is 35.1 Å². The van der Waals surface area contributed by atoms with Crippen molar-refractivity contribution in [3.05, 3.63) is 53.0 Å². The summed E-state index contributed by atoms with van der Waals surface area (Å²) < 4.78 is 95.2. The zero-order valence-corrected chi connectivity index (χ0v) is 24.1. The smallest absolute Gasteiger partial charge is 0.376 e. The molecule has 0 radical (unpaired) electrons. The zero-order valence-electron chi connectivity index (χ0n) is 21.6. The average Bonchev–Trinajstić information content (AvgIpc) is 2.81. The molecule has 2 atom stereocenters. The van der Waals surface area contributed by atoms with Crippen LogP contribution in [0.5, 0.6) is 0 Å². The maximum Gasteiger partial charge on any atom is 0.421 e. The highest BCUT2D eigenvalue weighted by molar-refractivity contribution is 7.96. The topological polar surface area (TPSA) is 98.2 Å². The summed E-state index contributed by atoms with van der Waals surface area (Å²) in [6.45, 7) is 0.911. The summed E-state index contributed by atoms with van der Waals surface area (Å²) in [6.07, 6.45) is 3.75. The van der Waals surface area contributed by atoms with Gasteiger partial charge in [0.15, 0.2) is 5.60 Å². The van der Waals surface area contributed by atoms with Crippen LogP contribution in [0.3, 0.4) is 0 Å². The van der Waals surface area contributed by atoms with Crippen molar-refractivity contribution >= 4 is 42.8 Å². The van der Waals surface area contributed by atoms with Crippen LogP contribution >= 0.6 is 12.2 Å². The van der Waals surface area contributed by atoms with Crippen molar-refractivity contribution in [3.63, 3.8) is 0 Å². The van der Waals surface area contributed by atoms with E-state index in [9.17, 15) is 35.1 Å². The van der Waals surface area contributed by atoms with Crippen LogP contribution in [0.4, 0.5) is 18.9 Å². The first-order valence-corrected chi connectivity index (χ1v) is 16.3. The van der Waals surface area contributed by atoms with E-state index >= 15 is 0 Å². The number of benzene rings is 1. The summed E-state index contributed by atoms with van der Waals surface area (Å²) in [5, 5.41) is 10.0. The van der Waals surface area contributed by atoms with E-state index in [1.54, 1.807) is 12.2 Å². The molecule has 1 N–H and O–H groups in total. The molecule has 0 spiro atoms. The maximum absolute atomic E-state index is 13.5. The molecule has 1 heterocycles. The minimum Gasteiger partial charge on any atom is -0.376 e. The lowest BCUT2D eigenvalue weighted by atomic mass is 9.92. The second-order valence-corrected chi connectivity index (χ2v) is 14.7. The van der Waals surface area contributed by atoms with E-state index in [1.807, 2.05) is 4.90 Å². The number of allylic oxidation sites excluding steroid dienone is 4. The van der Waals surface area contributed by atoms with Crippen molar-refractivity contribution in [1.29, 1.82) is 0 Å². The number of alkyl halides is 3. The summed E-state index contributed by atoms with van der Waals surface area (Å²) in [5.41, 5.74) is -2.89. The van der Waals surface area contributed by atoms with Crippen molar-refractivity contribution in [2.45, 2.75) is 56.5 Å². The van der Waals surface area contributed by atoms with Crippen molar-refractivity contribution in [1.82, 2.24) is 8.61 Å². The summed E-state index contributed by atoms with van der Waals surface area (Å²) in [7, 11) is -7.56. The molecular weight excluding hydrogens is 575 g/mol. The molecule has 14 heteroatoms. The van der Waals surface area contributed by atoms with Gasteiger partial charge in [0, 0.05) is 49.2 Å². The Morgan fingerprint density at radius 2 is 1.74 bits per heavy atom. The van der Waals surface area contributed by atoms with Crippen LogP contribution in [-0.2, 0) is 25.6 Å². The van der Waals surface area contributed by atoms with Gasteiger partial charge in [-0.3, -0.25) is 0 Å². The maximum atomic E-state index is 13.5. The number of nitrogens with zero attached hydrogens (tertiary/aromatic N) is 3. The molecule has 2 aliphatic carbocycles. The first-order chi connectivity index (χ1) is 18.0. The van der Waals surface area contributed by atoms with E-state index in [4.69, 9.17) is 12.2 Å². The quantitative estimate of drug-likeness (QED) is 0.453. The molecule has 4 rings (SSSR count). The van der Waals surface area contributed by atoms with E-state index in [1.165, 1.54) is 39.0 Å². The molecule has 8 nitrogen and oxygen atoms in total. The van der Waals surface area contributed by atoms with E-state index in [-0.39, 0.29) is 42.7 Å². The summed E-state index contributed by atoms with van der Waals surface area (Å²) >= 11 is 5.29. The first kappa shape index (κ1) is 30.1. The Hall–Kier alpha value is -1.84. The number of aliphatic hydroxyl groups is 1. The van der Waals surface area contributed by atoms with E-state index in [0.717, 1.165) is 12.7 Å². The second-order valence-electron chi connectivity index (χ2n) is 10.3. The highest BCUT2D eigenvalue weighted by atomic mass is 32.2. The molecular formula is C25H32F3N3O5S3. The highest BCUT2D eigenvalue weighted by Gasteiger charge is 2.51. The van der Waals surface area contributed by atoms with Gasteiger partial charge < -0.3 is 10.0 Å². The summed E-state index contributed by atoms with van der Waals surface area (Å²) in [4.78, 5) is 2.17. The molecule has 0 unspecified atom stereocenters. The van der Waals surface area contributed by atoms with Crippen LogP contribution < -0.4 is 4.90 Å². The van der Waals surface area contributed by atoms with Gasteiger partial charge in [0.25, 0.3) is 0 Å². The molecule has 0 bridgehead atoms. The van der Waals surface area contributed by atoms with Crippen LogP contribution in [0.2, 0.25) is 0 Å². The molecule has 0 aromatic heterocycles. The number of hydrogen-bond acceptors (Lipinski definition) is 7. The molecule has 216 valence electrons. The van der Waals surface area contributed by atoms with Crippen molar-refractivity contribution in [2.75, 3.05) is 37.3 Å². The third-order valence-electron chi connectivity index (χ3n) is 7.64. The third-order valence-corrected chi connectivity index (χ3v) is 11.4. The number of halogens is 3. The van der Waals surface area contributed by atoms with Gasteiger partial charge in [-0.1, -0.05) is 42.9 Å². The van der Waals surface area contributed by atoms with Crippen LogP contribution in [0.1, 0.15) is 38.2 Å². The standard InChI is InChI=1S/C25H32F3N3O5S3/c1-24(32,25(26,27)28)18-10-12-19(13-11-18)30-15-14-29(39(35,36)23-9-4-3-8-22(23)37)16-21(30)17-31(38(2,33)34)20-6-5-7-20/h3-4,9-13,20-21,32H,5-8,14-17H2,1-2H3/t21-,24+/m1/s1. The third kappa shape index (κ3) is 6.10. The van der Waals surface area contributed by atoms with E-state index in [0.29, 0.717) is 36.7 Å². The largest absolute Gasteiger partial charge is 0.421 e. The lowest BCUT2D eigenvalue weighted by molar-refractivity contribution is -0.258. The molecule has 1 aliphatic heterocycles. The van der Waals surface area contributed by atoms with Crippen LogP contribution in [0, 0.1) is 0 Å². The Labute approximate surface area is 232 Å². The monoisotopic (exact) mass is 607 g/mol. The van der Waals surface area contributed by atoms with E-state index in [2.05, 4.69) is 0 Å². The van der Waals surface area contributed by atoms with Gasteiger partial charge in [0.2, 0.25) is 20.0 Å². The Bertz CT molecular complexity index is 1370. The lowest BCUT2D eigenvalue weighted by Gasteiger charge is -2.46. The number of thiocarbonyl (C=S) groups is 1. The highest BCUT2D eigenvalue weighted by Crippen LogP contribution is 2.39. The summed E-state index contributed by atoms with van der Waals surface area (Å²) in [6, 6.07) is 4.43. The Kier molecular flexibility index (Phi) is 8.39. The van der Waals surface area contributed by atoms with Crippen molar-refractivity contribution in [2.24, 2.45) is 0 Å². The molecule has 39 heavy (non-hydrogen) atoms. The Morgan fingerprint density at radius 3 is 2.26 bits per heavy atom. The number of rotatable bonds is 8. The minimum absolute atomic E-state index is 0.0148. The first-order valence-electron chi connectivity index (χ1n) is 12.6.